The average Bonchev–Trinajstić information content (AvgIpc) is 2.78. The quantitative estimate of drug-likeness (QED) is 0.700. The number of rotatable bonds is 4. The van der Waals surface area contributed by atoms with Gasteiger partial charge in [-0.05, 0) is 38.3 Å². The predicted octanol–water partition coefficient (Wildman–Crippen LogP) is -0.438. The molecule has 2 aliphatic rings. The van der Waals surface area contributed by atoms with Gasteiger partial charge in [-0.1, -0.05) is 0 Å². The zero-order valence-corrected chi connectivity index (χ0v) is 10.4. The number of amides is 1. The molecular formula is C12H23N3O2. The first-order valence-electron chi connectivity index (χ1n) is 6.57. The van der Waals surface area contributed by atoms with E-state index in [1.807, 2.05) is 0 Å². The summed E-state index contributed by atoms with van der Waals surface area (Å²) < 4.78 is 5.27. The Balaban J connectivity index is 1.66. The van der Waals surface area contributed by atoms with Gasteiger partial charge in [-0.3, -0.25) is 9.69 Å². The van der Waals surface area contributed by atoms with Crippen LogP contribution < -0.4 is 11.1 Å². The Labute approximate surface area is 103 Å². The number of nitrogens with two attached hydrogens (primary N) is 1. The molecule has 0 aromatic carbocycles. The molecule has 0 aliphatic carbocycles. The zero-order chi connectivity index (χ0) is 12.1. The summed E-state index contributed by atoms with van der Waals surface area (Å²) in [5.41, 5.74) is 5.64. The molecular weight excluding hydrogens is 218 g/mol. The highest BCUT2D eigenvalue weighted by molar-refractivity contribution is 5.78. The SMILES string of the molecule is NCC1CCN(CC(=O)NC2CCOCC2)C1. The number of hydrogen-bond donors (Lipinski definition) is 2. The Hall–Kier alpha value is -0.650. The average molecular weight is 241 g/mol. The molecule has 0 saturated carbocycles. The minimum absolute atomic E-state index is 0.148. The van der Waals surface area contributed by atoms with Crippen LogP contribution in [0.4, 0.5) is 0 Å². The lowest BCUT2D eigenvalue weighted by atomic mass is 10.1. The molecule has 17 heavy (non-hydrogen) atoms. The molecule has 0 aromatic rings. The molecule has 1 amide bonds. The van der Waals surface area contributed by atoms with Crippen molar-refractivity contribution in [3.05, 3.63) is 0 Å². The summed E-state index contributed by atoms with van der Waals surface area (Å²) in [5.74, 6) is 0.723. The Kier molecular flexibility index (Phi) is 4.76. The molecule has 0 radical (unpaired) electrons. The molecule has 0 bridgehead atoms. The summed E-state index contributed by atoms with van der Waals surface area (Å²) in [6.45, 7) is 4.76. The topological polar surface area (TPSA) is 67.6 Å². The molecule has 2 rings (SSSR count). The molecule has 0 spiro atoms. The fraction of sp³-hybridized carbons (Fsp3) is 0.917. The summed E-state index contributed by atoms with van der Waals surface area (Å²) in [6, 6.07) is 0.309. The molecule has 98 valence electrons. The number of hydrogen-bond acceptors (Lipinski definition) is 4. The second-order valence-electron chi connectivity index (χ2n) is 5.08. The van der Waals surface area contributed by atoms with Gasteiger partial charge in [-0.2, -0.15) is 0 Å². The van der Waals surface area contributed by atoms with E-state index < -0.39 is 0 Å². The third kappa shape index (κ3) is 3.94. The predicted molar refractivity (Wildman–Crippen MR) is 65.6 cm³/mol. The largest absolute Gasteiger partial charge is 0.381 e. The minimum atomic E-state index is 0.148. The van der Waals surface area contributed by atoms with Crippen LogP contribution in [0.3, 0.4) is 0 Å². The number of nitrogens with one attached hydrogen (secondary N) is 1. The van der Waals surface area contributed by atoms with E-state index in [9.17, 15) is 4.79 Å². The highest BCUT2D eigenvalue weighted by Gasteiger charge is 2.24. The Morgan fingerprint density at radius 3 is 2.76 bits per heavy atom. The molecule has 5 heteroatoms. The van der Waals surface area contributed by atoms with Gasteiger partial charge in [0.2, 0.25) is 5.91 Å². The number of likely N-dealkylation sites (tertiary alicyclic amines) is 1. The van der Waals surface area contributed by atoms with Crippen LogP contribution in [0.25, 0.3) is 0 Å². The van der Waals surface area contributed by atoms with Crippen molar-refractivity contribution in [2.75, 3.05) is 39.4 Å². The van der Waals surface area contributed by atoms with Crippen LogP contribution in [-0.4, -0.2) is 56.2 Å². The number of carbonyl (C=O) groups excluding carboxylic acids is 1. The monoisotopic (exact) mass is 241 g/mol. The third-order valence-corrected chi connectivity index (χ3v) is 3.66. The van der Waals surface area contributed by atoms with Gasteiger partial charge in [-0.15, -0.1) is 0 Å². The lowest BCUT2D eigenvalue weighted by molar-refractivity contribution is -0.123. The van der Waals surface area contributed by atoms with Crippen LogP contribution in [0.1, 0.15) is 19.3 Å². The summed E-state index contributed by atoms with van der Waals surface area (Å²) in [7, 11) is 0. The van der Waals surface area contributed by atoms with Gasteiger partial charge in [0.25, 0.3) is 0 Å². The fourth-order valence-corrected chi connectivity index (χ4v) is 2.57. The second-order valence-corrected chi connectivity index (χ2v) is 5.08. The van der Waals surface area contributed by atoms with Gasteiger partial charge in [0.15, 0.2) is 0 Å². The lowest BCUT2D eigenvalue weighted by Crippen LogP contribution is -2.43. The molecule has 1 unspecified atom stereocenters. The third-order valence-electron chi connectivity index (χ3n) is 3.66. The van der Waals surface area contributed by atoms with Crippen molar-refractivity contribution in [1.29, 1.82) is 0 Å². The van der Waals surface area contributed by atoms with E-state index >= 15 is 0 Å². The van der Waals surface area contributed by atoms with Crippen molar-refractivity contribution in [2.24, 2.45) is 11.7 Å². The van der Waals surface area contributed by atoms with Crippen molar-refractivity contribution in [2.45, 2.75) is 25.3 Å². The van der Waals surface area contributed by atoms with Gasteiger partial charge in [0.05, 0.1) is 6.54 Å². The molecule has 2 fully saturated rings. The minimum Gasteiger partial charge on any atom is -0.381 e. The van der Waals surface area contributed by atoms with Crippen molar-refractivity contribution < 1.29 is 9.53 Å². The van der Waals surface area contributed by atoms with Crippen LogP contribution in [0.2, 0.25) is 0 Å². The Bertz CT molecular complexity index is 254. The van der Waals surface area contributed by atoms with Crippen molar-refractivity contribution >= 4 is 5.91 Å². The zero-order valence-electron chi connectivity index (χ0n) is 10.4. The van der Waals surface area contributed by atoms with Crippen LogP contribution in [-0.2, 0) is 9.53 Å². The highest BCUT2D eigenvalue weighted by atomic mass is 16.5. The molecule has 3 N–H and O–H groups in total. The second kappa shape index (κ2) is 6.33. The van der Waals surface area contributed by atoms with Gasteiger partial charge in [0, 0.05) is 25.8 Å². The van der Waals surface area contributed by atoms with Gasteiger partial charge in [-0.25, -0.2) is 0 Å². The Morgan fingerprint density at radius 1 is 1.35 bits per heavy atom. The fourth-order valence-electron chi connectivity index (χ4n) is 2.57. The first-order valence-corrected chi connectivity index (χ1v) is 6.57. The maximum atomic E-state index is 11.8. The smallest absolute Gasteiger partial charge is 0.234 e. The Morgan fingerprint density at radius 2 is 2.12 bits per heavy atom. The van der Waals surface area contributed by atoms with E-state index in [0.29, 0.717) is 18.5 Å². The summed E-state index contributed by atoms with van der Waals surface area (Å²) in [6.07, 6.45) is 3.01. The van der Waals surface area contributed by atoms with E-state index in [0.717, 1.165) is 52.1 Å². The van der Waals surface area contributed by atoms with E-state index in [4.69, 9.17) is 10.5 Å². The van der Waals surface area contributed by atoms with Gasteiger partial charge in [0.1, 0.15) is 0 Å². The number of ether oxygens (including phenoxy) is 1. The van der Waals surface area contributed by atoms with E-state index in [-0.39, 0.29) is 5.91 Å². The maximum Gasteiger partial charge on any atom is 0.234 e. The van der Waals surface area contributed by atoms with E-state index in [1.165, 1.54) is 0 Å². The first-order chi connectivity index (χ1) is 8.28. The van der Waals surface area contributed by atoms with E-state index in [2.05, 4.69) is 10.2 Å². The lowest BCUT2D eigenvalue weighted by Gasteiger charge is -2.24. The molecule has 5 nitrogen and oxygen atoms in total. The van der Waals surface area contributed by atoms with Crippen molar-refractivity contribution in [3.63, 3.8) is 0 Å². The first kappa shape index (κ1) is 12.8. The summed E-state index contributed by atoms with van der Waals surface area (Å²) in [4.78, 5) is 14.0. The van der Waals surface area contributed by atoms with Crippen molar-refractivity contribution in [3.8, 4) is 0 Å². The van der Waals surface area contributed by atoms with Crippen molar-refractivity contribution in [1.82, 2.24) is 10.2 Å². The summed E-state index contributed by atoms with van der Waals surface area (Å²) in [5, 5.41) is 3.09. The summed E-state index contributed by atoms with van der Waals surface area (Å²) >= 11 is 0. The normalized spacial score (nSPS) is 27.2. The highest BCUT2D eigenvalue weighted by Crippen LogP contribution is 2.14. The van der Waals surface area contributed by atoms with Gasteiger partial charge < -0.3 is 15.8 Å². The van der Waals surface area contributed by atoms with Crippen LogP contribution in [0, 0.1) is 5.92 Å². The molecule has 0 aromatic heterocycles. The maximum absolute atomic E-state index is 11.8. The molecule has 2 saturated heterocycles. The number of nitrogens with zero attached hydrogens (tertiary/aromatic N) is 1. The van der Waals surface area contributed by atoms with E-state index in [1.54, 1.807) is 0 Å². The van der Waals surface area contributed by atoms with Crippen LogP contribution in [0.5, 0.6) is 0 Å². The number of carbonyl (C=O) groups is 1. The molecule has 2 heterocycles. The standard InChI is InChI=1S/C12H23N3O2/c13-7-10-1-4-15(8-10)9-12(16)14-11-2-5-17-6-3-11/h10-11H,1-9,13H2,(H,14,16). The molecule has 1 atom stereocenters. The van der Waals surface area contributed by atoms with Gasteiger partial charge >= 0.3 is 0 Å². The molecule has 2 aliphatic heterocycles. The van der Waals surface area contributed by atoms with Crippen LogP contribution >= 0.6 is 0 Å². The van der Waals surface area contributed by atoms with Crippen LogP contribution in [0.15, 0.2) is 0 Å².